The SMILES string of the molecule is COc1ccc(NS(=O)(=O)c2ccc(Nc3ccc(C)cc3)c([N+](=O)[O-])c2)cc1. The van der Waals surface area contributed by atoms with Crippen molar-refractivity contribution in [2.24, 2.45) is 0 Å². The number of sulfonamides is 1. The van der Waals surface area contributed by atoms with Crippen LogP contribution in [-0.4, -0.2) is 20.5 Å². The van der Waals surface area contributed by atoms with Crippen LogP contribution in [0.5, 0.6) is 5.75 Å². The van der Waals surface area contributed by atoms with Gasteiger partial charge in [0.1, 0.15) is 11.4 Å². The molecule has 0 unspecified atom stereocenters. The van der Waals surface area contributed by atoms with Crippen LogP contribution in [-0.2, 0) is 10.0 Å². The molecule has 0 saturated carbocycles. The van der Waals surface area contributed by atoms with Gasteiger partial charge in [0, 0.05) is 17.4 Å². The highest BCUT2D eigenvalue weighted by molar-refractivity contribution is 7.92. The molecular formula is C20H19N3O5S. The van der Waals surface area contributed by atoms with E-state index in [1.54, 1.807) is 24.3 Å². The van der Waals surface area contributed by atoms with E-state index in [0.717, 1.165) is 11.6 Å². The number of nitrogens with one attached hydrogen (secondary N) is 2. The Balaban J connectivity index is 1.89. The van der Waals surface area contributed by atoms with Crippen LogP contribution in [0.25, 0.3) is 0 Å². The molecule has 8 nitrogen and oxygen atoms in total. The molecule has 0 saturated heterocycles. The van der Waals surface area contributed by atoms with Gasteiger partial charge in [-0.1, -0.05) is 17.7 Å². The molecule has 0 heterocycles. The third-order valence-electron chi connectivity index (χ3n) is 4.15. The van der Waals surface area contributed by atoms with E-state index in [2.05, 4.69) is 10.0 Å². The first-order valence-corrected chi connectivity index (χ1v) is 10.1. The minimum absolute atomic E-state index is 0.197. The molecule has 0 aliphatic carbocycles. The van der Waals surface area contributed by atoms with Gasteiger partial charge in [0.05, 0.1) is 16.9 Å². The molecule has 2 N–H and O–H groups in total. The largest absolute Gasteiger partial charge is 0.497 e. The summed E-state index contributed by atoms with van der Waals surface area (Å²) in [5, 5.41) is 14.5. The lowest BCUT2D eigenvalue weighted by Gasteiger charge is -2.11. The number of nitrogens with zero attached hydrogens (tertiary/aromatic N) is 1. The number of hydrogen-bond donors (Lipinski definition) is 2. The second-order valence-corrected chi connectivity index (χ2v) is 7.94. The van der Waals surface area contributed by atoms with Gasteiger partial charge in [0.15, 0.2) is 0 Å². The van der Waals surface area contributed by atoms with Crippen molar-refractivity contribution in [2.45, 2.75) is 11.8 Å². The molecule has 0 atom stereocenters. The van der Waals surface area contributed by atoms with Gasteiger partial charge in [0.25, 0.3) is 15.7 Å². The third-order valence-corrected chi connectivity index (χ3v) is 5.53. The number of hydrogen-bond acceptors (Lipinski definition) is 6. The van der Waals surface area contributed by atoms with Crippen molar-refractivity contribution >= 4 is 32.8 Å². The normalized spacial score (nSPS) is 11.0. The van der Waals surface area contributed by atoms with Crippen LogP contribution in [0.3, 0.4) is 0 Å². The molecule has 3 rings (SSSR count). The lowest BCUT2D eigenvalue weighted by Crippen LogP contribution is -2.13. The van der Waals surface area contributed by atoms with Crippen LogP contribution < -0.4 is 14.8 Å². The van der Waals surface area contributed by atoms with Crippen LogP contribution in [0.15, 0.2) is 71.6 Å². The van der Waals surface area contributed by atoms with Gasteiger partial charge in [-0.05, 0) is 55.5 Å². The Hall–Kier alpha value is -3.59. The smallest absolute Gasteiger partial charge is 0.294 e. The summed E-state index contributed by atoms with van der Waals surface area (Å²) in [5.41, 5.74) is 1.88. The first kappa shape index (κ1) is 20.2. The van der Waals surface area contributed by atoms with E-state index in [1.165, 1.54) is 31.4 Å². The quantitative estimate of drug-likeness (QED) is 0.437. The summed E-state index contributed by atoms with van der Waals surface area (Å²) >= 11 is 0. The van der Waals surface area contributed by atoms with Crippen molar-refractivity contribution < 1.29 is 18.1 Å². The maximum atomic E-state index is 12.7. The summed E-state index contributed by atoms with van der Waals surface area (Å²) in [7, 11) is -2.50. The number of nitro benzene ring substituents is 1. The van der Waals surface area contributed by atoms with Crippen molar-refractivity contribution in [1.29, 1.82) is 0 Å². The summed E-state index contributed by atoms with van der Waals surface area (Å²) in [6.45, 7) is 1.93. The second kappa shape index (κ2) is 8.19. The fourth-order valence-corrected chi connectivity index (χ4v) is 3.68. The van der Waals surface area contributed by atoms with E-state index in [0.29, 0.717) is 17.1 Å². The molecule has 3 aromatic carbocycles. The molecular weight excluding hydrogens is 394 g/mol. The number of ether oxygens (including phenoxy) is 1. The van der Waals surface area contributed by atoms with Gasteiger partial charge in [0.2, 0.25) is 0 Å². The highest BCUT2D eigenvalue weighted by Crippen LogP contribution is 2.31. The average molecular weight is 413 g/mol. The lowest BCUT2D eigenvalue weighted by atomic mass is 10.2. The summed E-state index contributed by atoms with van der Waals surface area (Å²) in [6, 6.07) is 17.3. The molecule has 0 fully saturated rings. The van der Waals surface area contributed by atoms with Crippen LogP contribution >= 0.6 is 0 Å². The Labute approximate surface area is 168 Å². The van der Waals surface area contributed by atoms with E-state index in [4.69, 9.17) is 4.74 Å². The lowest BCUT2D eigenvalue weighted by molar-refractivity contribution is -0.384. The monoisotopic (exact) mass is 413 g/mol. The van der Waals surface area contributed by atoms with Gasteiger partial charge < -0.3 is 10.1 Å². The van der Waals surface area contributed by atoms with E-state index >= 15 is 0 Å². The van der Waals surface area contributed by atoms with E-state index in [9.17, 15) is 18.5 Å². The summed E-state index contributed by atoms with van der Waals surface area (Å²) in [6.07, 6.45) is 0. The van der Waals surface area contributed by atoms with E-state index in [1.807, 2.05) is 19.1 Å². The molecule has 150 valence electrons. The number of benzene rings is 3. The van der Waals surface area contributed by atoms with Crippen molar-refractivity contribution in [2.75, 3.05) is 17.1 Å². The maximum Gasteiger partial charge on any atom is 0.294 e. The highest BCUT2D eigenvalue weighted by Gasteiger charge is 2.22. The zero-order valence-corrected chi connectivity index (χ0v) is 16.6. The highest BCUT2D eigenvalue weighted by atomic mass is 32.2. The summed E-state index contributed by atoms with van der Waals surface area (Å²) < 4.78 is 32.7. The predicted octanol–water partition coefficient (Wildman–Crippen LogP) is 4.46. The molecule has 0 bridgehead atoms. The Bertz CT molecular complexity index is 1130. The zero-order valence-electron chi connectivity index (χ0n) is 15.7. The molecule has 0 spiro atoms. The molecule has 0 amide bonds. The fourth-order valence-electron chi connectivity index (χ4n) is 2.60. The Morgan fingerprint density at radius 2 is 1.55 bits per heavy atom. The van der Waals surface area contributed by atoms with E-state index in [-0.39, 0.29) is 16.3 Å². The summed E-state index contributed by atoms with van der Waals surface area (Å²) in [5.74, 6) is 0.579. The van der Waals surface area contributed by atoms with Gasteiger partial charge in [-0.3, -0.25) is 14.8 Å². The van der Waals surface area contributed by atoms with Gasteiger partial charge in [-0.25, -0.2) is 8.42 Å². The molecule has 29 heavy (non-hydrogen) atoms. The Morgan fingerprint density at radius 3 is 2.14 bits per heavy atom. The van der Waals surface area contributed by atoms with Crippen LogP contribution in [0.4, 0.5) is 22.7 Å². The number of rotatable bonds is 7. The number of anilines is 3. The first-order chi connectivity index (χ1) is 13.8. The Morgan fingerprint density at radius 1 is 0.931 bits per heavy atom. The molecule has 0 aromatic heterocycles. The van der Waals surface area contributed by atoms with Crippen molar-refractivity contribution in [3.8, 4) is 5.75 Å². The fraction of sp³-hybridized carbons (Fsp3) is 0.100. The average Bonchev–Trinajstić information content (AvgIpc) is 2.70. The number of aryl methyl sites for hydroxylation is 1. The third kappa shape index (κ3) is 4.82. The Kier molecular flexibility index (Phi) is 5.69. The minimum atomic E-state index is -4.01. The molecule has 0 aliphatic rings. The zero-order chi connectivity index (χ0) is 21.0. The summed E-state index contributed by atoms with van der Waals surface area (Å²) in [4.78, 5) is 10.7. The van der Waals surface area contributed by atoms with Gasteiger partial charge >= 0.3 is 0 Å². The van der Waals surface area contributed by atoms with Crippen LogP contribution in [0.1, 0.15) is 5.56 Å². The second-order valence-electron chi connectivity index (χ2n) is 6.26. The van der Waals surface area contributed by atoms with Gasteiger partial charge in [-0.2, -0.15) is 0 Å². The number of nitro groups is 1. The molecule has 3 aromatic rings. The predicted molar refractivity (Wildman–Crippen MR) is 111 cm³/mol. The van der Waals surface area contributed by atoms with Crippen molar-refractivity contribution in [1.82, 2.24) is 0 Å². The maximum absolute atomic E-state index is 12.7. The molecule has 0 radical (unpaired) electrons. The number of methoxy groups -OCH3 is 1. The minimum Gasteiger partial charge on any atom is -0.497 e. The van der Waals surface area contributed by atoms with Crippen molar-refractivity contribution in [3.05, 3.63) is 82.4 Å². The molecule has 0 aliphatic heterocycles. The van der Waals surface area contributed by atoms with Crippen molar-refractivity contribution in [3.63, 3.8) is 0 Å². The standard InChI is InChI=1S/C20H19N3O5S/c1-14-3-5-15(6-4-14)21-19-12-11-18(13-20(19)23(24)25)29(26,27)22-16-7-9-17(28-2)10-8-16/h3-13,21-22H,1-2H3. The molecule has 9 heteroatoms. The van der Waals surface area contributed by atoms with E-state index < -0.39 is 14.9 Å². The topological polar surface area (TPSA) is 111 Å². The first-order valence-electron chi connectivity index (χ1n) is 8.57. The van der Waals surface area contributed by atoms with Gasteiger partial charge in [-0.15, -0.1) is 0 Å². The van der Waals surface area contributed by atoms with Crippen LogP contribution in [0.2, 0.25) is 0 Å². The van der Waals surface area contributed by atoms with Crippen LogP contribution in [0, 0.1) is 17.0 Å².